The molecule has 1 aliphatic rings. The highest BCUT2D eigenvalue weighted by molar-refractivity contribution is 6.31. The molecule has 3 aromatic heterocycles. The first kappa shape index (κ1) is 25.7. The summed E-state index contributed by atoms with van der Waals surface area (Å²) in [4.78, 5) is 30.6. The van der Waals surface area contributed by atoms with Crippen LogP contribution in [0.2, 0.25) is 5.02 Å². The molecule has 0 bridgehead atoms. The summed E-state index contributed by atoms with van der Waals surface area (Å²) in [6.45, 7) is 8.96. The van der Waals surface area contributed by atoms with Crippen LogP contribution in [0.1, 0.15) is 49.2 Å². The second-order valence-electron chi connectivity index (χ2n) is 9.36. The van der Waals surface area contributed by atoms with Crippen LogP contribution in [0.25, 0.3) is 5.70 Å². The van der Waals surface area contributed by atoms with Gasteiger partial charge in [0.15, 0.2) is 5.82 Å². The lowest BCUT2D eigenvalue weighted by Gasteiger charge is -2.24. The third kappa shape index (κ3) is 5.22. The average Bonchev–Trinajstić information content (AvgIpc) is 2.82. The summed E-state index contributed by atoms with van der Waals surface area (Å²) in [6, 6.07) is 4.72. The predicted octanol–water partition coefficient (Wildman–Crippen LogP) is 4.23. The number of hydrogen-bond acceptors (Lipinski definition) is 7. The van der Waals surface area contributed by atoms with Gasteiger partial charge in [-0.15, -0.1) is 0 Å². The van der Waals surface area contributed by atoms with E-state index in [1.54, 1.807) is 58.3 Å². The molecule has 0 unspecified atom stereocenters. The number of aromatic nitrogens is 4. The number of aryl methyl sites for hydroxylation is 2. The molecule has 3 aromatic rings. The molecule has 0 radical (unpaired) electrons. The molecule has 4 rings (SSSR count). The SMILES string of the molecule is Cc1cnc(COc2cc(C)n(C3=CC(c4ccnc(C(C)(C)O)n4)=NC[C@H]3C)c(=O)c2Cl)c(F)c1. The highest BCUT2D eigenvalue weighted by atomic mass is 35.5. The van der Waals surface area contributed by atoms with Gasteiger partial charge in [-0.3, -0.25) is 19.3 Å². The summed E-state index contributed by atoms with van der Waals surface area (Å²) in [7, 11) is 0. The Kier molecular flexibility index (Phi) is 7.06. The van der Waals surface area contributed by atoms with E-state index in [-0.39, 0.29) is 34.8 Å². The van der Waals surface area contributed by atoms with Gasteiger partial charge < -0.3 is 9.84 Å². The van der Waals surface area contributed by atoms with Gasteiger partial charge >= 0.3 is 0 Å². The van der Waals surface area contributed by atoms with Crippen molar-refractivity contribution >= 4 is 23.0 Å². The molecule has 4 heterocycles. The van der Waals surface area contributed by atoms with Crippen LogP contribution >= 0.6 is 11.6 Å². The Balaban J connectivity index is 1.68. The minimum Gasteiger partial charge on any atom is -0.485 e. The van der Waals surface area contributed by atoms with E-state index < -0.39 is 17.0 Å². The zero-order chi connectivity index (χ0) is 26.2. The maximum absolute atomic E-state index is 14.1. The van der Waals surface area contributed by atoms with Gasteiger partial charge in [-0.2, -0.15) is 0 Å². The van der Waals surface area contributed by atoms with Gasteiger partial charge in [0, 0.05) is 42.3 Å². The van der Waals surface area contributed by atoms with Crippen LogP contribution in [0.5, 0.6) is 5.75 Å². The Morgan fingerprint density at radius 1 is 1.28 bits per heavy atom. The first-order chi connectivity index (χ1) is 17.0. The molecule has 0 saturated heterocycles. The van der Waals surface area contributed by atoms with Crippen molar-refractivity contribution < 1.29 is 14.2 Å². The molecule has 1 N–H and O–H groups in total. The van der Waals surface area contributed by atoms with Gasteiger partial charge in [0.2, 0.25) is 0 Å². The molecular formula is C26H27ClFN5O3. The first-order valence-electron chi connectivity index (χ1n) is 11.4. The number of rotatable bonds is 6. The Labute approximate surface area is 213 Å². The van der Waals surface area contributed by atoms with Crippen molar-refractivity contribution in [2.75, 3.05) is 6.54 Å². The van der Waals surface area contributed by atoms with E-state index in [2.05, 4.69) is 19.9 Å². The Hall–Kier alpha value is -3.43. The van der Waals surface area contributed by atoms with Crippen molar-refractivity contribution in [3.63, 3.8) is 0 Å². The Morgan fingerprint density at radius 3 is 2.72 bits per heavy atom. The van der Waals surface area contributed by atoms with E-state index in [1.807, 2.05) is 6.92 Å². The van der Waals surface area contributed by atoms with Crippen molar-refractivity contribution in [2.45, 2.75) is 46.8 Å². The van der Waals surface area contributed by atoms with E-state index in [0.717, 1.165) is 0 Å². The van der Waals surface area contributed by atoms with Gasteiger partial charge in [0.25, 0.3) is 5.56 Å². The van der Waals surface area contributed by atoms with E-state index in [4.69, 9.17) is 16.3 Å². The number of hydrogen-bond donors (Lipinski definition) is 1. The number of dihydropyridines is 1. The largest absolute Gasteiger partial charge is 0.485 e. The van der Waals surface area contributed by atoms with Crippen molar-refractivity contribution in [3.8, 4) is 5.75 Å². The van der Waals surface area contributed by atoms with Crippen LogP contribution in [0.3, 0.4) is 0 Å². The normalized spacial score (nSPS) is 15.9. The predicted molar refractivity (Wildman–Crippen MR) is 136 cm³/mol. The molecule has 1 aliphatic heterocycles. The number of pyridine rings is 2. The monoisotopic (exact) mass is 511 g/mol. The lowest BCUT2D eigenvalue weighted by Crippen LogP contribution is -2.29. The first-order valence-corrected chi connectivity index (χ1v) is 11.8. The van der Waals surface area contributed by atoms with Crippen molar-refractivity contribution in [1.82, 2.24) is 19.5 Å². The molecule has 0 aromatic carbocycles. The van der Waals surface area contributed by atoms with Crippen LogP contribution in [-0.4, -0.2) is 36.9 Å². The summed E-state index contributed by atoms with van der Waals surface area (Å²) >= 11 is 6.41. The highest BCUT2D eigenvalue weighted by Gasteiger charge is 2.25. The minimum atomic E-state index is -1.21. The van der Waals surface area contributed by atoms with Gasteiger partial charge in [0.1, 0.15) is 34.5 Å². The van der Waals surface area contributed by atoms with Gasteiger partial charge in [0.05, 0.1) is 11.4 Å². The summed E-state index contributed by atoms with van der Waals surface area (Å²) < 4.78 is 21.3. The van der Waals surface area contributed by atoms with Gasteiger partial charge in [-0.25, -0.2) is 14.4 Å². The number of allylic oxidation sites excluding steroid dienone is 1. The van der Waals surface area contributed by atoms with E-state index >= 15 is 0 Å². The highest BCUT2D eigenvalue weighted by Crippen LogP contribution is 2.28. The van der Waals surface area contributed by atoms with E-state index in [0.29, 0.717) is 34.9 Å². The lowest BCUT2D eigenvalue weighted by atomic mass is 10.0. The third-order valence-electron chi connectivity index (χ3n) is 5.77. The lowest BCUT2D eigenvalue weighted by molar-refractivity contribution is 0.0686. The second kappa shape index (κ2) is 9.91. The average molecular weight is 512 g/mol. The molecule has 10 heteroatoms. The molecule has 0 amide bonds. The van der Waals surface area contributed by atoms with Crippen molar-refractivity contribution in [3.05, 3.63) is 86.3 Å². The van der Waals surface area contributed by atoms with Crippen LogP contribution < -0.4 is 10.3 Å². The smallest absolute Gasteiger partial charge is 0.277 e. The molecule has 0 aliphatic carbocycles. The maximum Gasteiger partial charge on any atom is 0.277 e. The molecule has 1 atom stereocenters. The molecule has 0 spiro atoms. The number of aliphatic hydroxyl groups is 1. The topological polar surface area (TPSA) is 102 Å². The molecule has 0 saturated carbocycles. The van der Waals surface area contributed by atoms with Crippen molar-refractivity contribution in [1.29, 1.82) is 0 Å². The summed E-state index contributed by atoms with van der Waals surface area (Å²) in [6.07, 6.45) is 4.90. The molecule has 0 fully saturated rings. The summed E-state index contributed by atoms with van der Waals surface area (Å²) in [5.41, 5.74) is 1.56. The Morgan fingerprint density at radius 2 is 2.03 bits per heavy atom. The summed E-state index contributed by atoms with van der Waals surface area (Å²) in [5, 5.41) is 10.2. The molecule has 188 valence electrons. The quantitative estimate of drug-likeness (QED) is 0.531. The fraction of sp³-hybridized carbons (Fsp3) is 0.346. The number of ether oxygens (including phenoxy) is 1. The van der Waals surface area contributed by atoms with Crippen molar-refractivity contribution in [2.24, 2.45) is 10.9 Å². The molecular weight excluding hydrogens is 485 g/mol. The van der Waals surface area contributed by atoms with Crippen LogP contribution in [0, 0.1) is 25.6 Å². The number of halogens is 2. The number of aliphatic imine (C=N–C) groups is 1. The standard InChI is InChI=1S/C26H27ClFN5O3/c1-14-8-17(28)20(30-11-14)13-36-22-9-16(3)33(24(34)23(22)27)21-10-19(31-12-15(21)2)18-6-7-29-25(32-18)26(4,5)35/h6-11,15,35H,12-13H2,1-5H3/t15-/m1/s1. The van der Waals surface area contributed by atoms with Gasteiger partial charge in [-0.1, -0.05) is 18.5 Å². The van der Waals surface area contributed by atoms with Crippen LogP contribution in [-0.2, 0) is 12.2 Å². The fourth-order valence-electron chi connectivity index (χ4n) is 3.81. The minimum absolute atomic E-state index is 0.0746. The summed E-state index contributed by atoms with van der Waals surface area (Å²) in [5.74, 6) is -0.134. The van der Waals surface area contributed by atoms with E-state index in [9.17, 15) is 14.3 Å². The van der Waals surface area contributed by atoms with Crippen LogP contribution in [0.15, 0.2) is 46.5 Å². The zero-order valence-corrected chi connectivity index (χ0v) is 21.5. The second-order valence-corrected chi connectivity index (χ2v) is 9.73. The fourth-order valence-corrected chi connectivity index (χ4v) is 4.01. The Bertz CT molecular complexity index is 1440. The van der Waals surface area contributed by atoms with Gasteiger partial charge in [-0.05, 0) is 51.5 Å². The van der Waals surface area contributed by atoms with E-state index in [1.165, 1.54) is 10.6 Å². The number of nitrogens with zero attached hydrogens (tertiary/aromatic N) is 5. The maximum atomic E-state index is 14.1. The molecule has 8 nitrogen and oxygen atoms in total. The molecule has 36 heavy (non-hydrogen) atoms. The zero-order valence-electron chi connectivity index (χ0n) is 20.7. The van der Waals surface area contributed by atoms with Crippen LogP contribution in [0.4, 0.5) is 4.39 Å². The third-order valence-corrected chi connectivity index (χ3v) is 6.11.